The molecule has 3 aromatic rings. The number of pyridine rings is 2. The minimum absolute atomic E-state index is 0. The van der Waals surface area contributed by atoms with E-state index in [2.05, 4.69) is 16.9 Å². The third-order valence-corrected chi connectivity index (χ3v) is 5.85. The number of anilines is 2. The Labute approximate surface area is 244 Å². The van der Waals surface area contributed by atoms with Crippen molar-refractivity contribution in [1.82, 2.24) is 9.97 Å². The fourth-order valence-corrected chi connectivity index (χ4v) is 4.29. The predicted molar refractivity (Wildman–Crippen MR) is 137 cm³/mol. The van der Waals surface area contributed by atoms with Gasteiger partial charge in [-0.25, -0.2) is 9.37 Å². The summed E-state index contributed by atoms with van der Waals surface area (Å²) in [7, 11) is 0. The number of halogens is 3. The summed E-state index contributed by atoms with van der Waals surface area (Å²) in [5, 5.41) is 19.0. The fraction of sp³-hybridized carbons (Fsp3) is 0.250. The van der Waals surface area contributed by atoms with E-state index in [0.29, 0.717) is 32.6 Å². The third-order valence-electron chi connectivity index (χ3n) is 5.24. The van der Waals surface area contributed by atoms with E-state index in [1.54, 1.807) is 32.0 Å². The molecule has 1 aliphatic heterocycles. The molecule has 189 valence electrons. The Bertz CT molecular complexity index is 1220. The van der Waals surface area contributed by atoms with Crippen molar-refractivity contribution in [3.05, 3.63) is 82.3 Å². The summed E-state index contributed by atoms with van der Waals surface area (Å²) in [5.74, 6) is -0.144. The van der Waals surface area contributed by atoms with Crippen molar-refractivity contribution in [3.63, 3.8) is 0 Å². The van der Waals surface area contributed by atoms with Gasteiger partial charge in [0.05, 0.1) is 28.8 Å². The van der Waals surface area contributed by atoms with Gasteiger partial charge in [-0.3, -0.25) is 10.4 Å². The van der Waals surface area contributed by atoms with Crippen molar-refractivity contribution in [3.8, 4) is 5.75 Å². The quantitative estimate of drug-likeness (QED) is 0.141. The standard InChI is InChI=1S/C22H21Cl2FN6O2.C2H5.Y/c1-11(19-15(23)7-29-8-16(19)24)33-13-2-3-18(26)14(5-13)20(27)12-4-17(25)21(30-6-12)31-9-22(28,32)10-31;1-2;/h2-8,11,27,32H,9-10,26,28H2,1H3;1H2,2H3;/q;-1;/t11-;;/m1../s1. The predicted octanol–water partition coefficient (Wildman–Crippen LogP) is 4.37. The summed E-state index contributed by atoms with van der Waals surface area (Å²) in [6, 6.07) is 6.05. The van der Waals surface area contributed by atoms with Crippen LogP contribution >= 0.6 is 23.2 Å². The smallest absolute Gasteiger partial charge is 0.166 e. The number of benzene rings is 1. The summed E-state index contributed by atoms with van der Waals surface area (Å²) in [6.07, 6.45) is 3.83. The van der Waals surface area contributed by atoms with Gasteiger partial charge in [0, 0.05) is 73.7 Å². The van der Waals surface area contributed by atoms with Crippen LogP contribution < -0.4 is 21.1 Å². The van der Waals surface area contributed by atoms with Gasteiger partial charge in [0.15, 0.2) is 11.6 Å². The summed E-state index contributed by atoms with van der Waals surface area (Å²) in [5.41, 5.74) is 11.7. The van der Waals surface area contributed by atoms with Crippen LogP contribution in [0.5, 0.6) is 5.75 Å². The van der Waals surface area contributed by atoms with Gasteiger partial charge in [-0.15, -0.1) is 0 Å². The topological polar surface area (TPSA) is 134 Å². The number of aromatic nitrogens is 2. The van der Waals surface area contributed by atoms with Crippen molar-refractivity contribution in [2.24, 2.45) is 5.73 Å². The second-order valence-electron chi connectivity index (χ2n) is 7.89. The van der Waals surface area contributed by atoms with Crippen LogP contribution in [-0.4, -0.2) is 39.6 Å². The number of rotatable bonds is 6. The van der Waals surface area contributed by atoms with Crippen LogP contribution in [0.4, 0.5) is 15.9 Å². The average Bonchev–Trinajstić information content (AvgIpc) is 2.79. The second kappa shape index (κ2) is 12.6. The molecule has 4 rings (SSSR count). The molecule has 1 atom stereocenters. The number of nitrogens with one attached hydrogen (secondary N) is 1. The van der Waals surface area contributed by atoms with Gasteiger partial charge < -0.3 is 33.1 Å². The fourth-order valence-electron chi connectivity index (χ4n) is 3.62. The zero-order valence-electron chi connectivity index (χ0n) is 19.8. The van der Waals surface area contributed by atoms with Crippen LogP contribution in [-0.2, 0) is 32.7 Å². The van der Waals surface area contributed by atoms with Crippen LogP contribution in [0.15, 0.2) is 42.9 Å². The van der Waals surface area contributed by atoms with Crippen molar-refractivity contribution in [2.45, 2.75) is 25.7 Å². The van der Waals surface area contributed by atoms with E-state index >= 15 is 0 Å². The molecule has 0 saturated carbocycles. The van der Waals surface area contributed by atoms with E-state index in [-0.39, 0.29) is 62.9 Å². The SMILES string of the molecule is C[C@@H](Oc1ccc(N)c(C(=N)c2cnc(N3CC(N)(O)C3)c(F)c2)c1)c1c(Cl)cncc1Cl.[CH2-]C.[Y]. The van der Waals surface area contributed by atoms with Crippen molar-refractivity contribution >= 4 is 40.4 Å². The summed E-state index contributed by atoms with van der Waals surface area (Å²) in [6.45, 7) is 6.93. The van der Waals surface area contributed by atoms with E-state index in [0.717, 1.165) is 0 Å². The molecule has 6 N–H and O–H groups in total. The Balaban J connectivity index is 0.00000148. The molecule has 1 fully saturated rings. The first-order valence-corrected chi connectivity index (χ1v) is 11.4. The second-order valence-corrected chi connectivity index (χ2v) is 8.70. The molecule has 36 heavy (non-hydrogen) atoms. The van der Waals surface area contributed by atoms with Crippen molar-refractivity contribution < 1.29 is 46.9 Å². The zero-order valence-corrected chi connectivity index (χ0v) is 24.2. The number of aliphatic hydroxyl groups is 1. The minimum atomic E-state index is -1.35. The van der Waals surface area contributed by atoms with Crippen LogP contribution in [0, 0.1) is 18.2 Å². The van der Waals surface area contributed by atoms with Gasteiger partial charge in [-0.05, 0) is 31.2 Å². The normalized spacial score (nSPS) is 14.5. The molecule has 1 radical (unpaired) electrons. The minimum Gasteiger partial charge on any atom is -0.486 e. The number of nitrogens with two attached hydrogens (primary N) is 2. The molecule has 0 bridgehead atoms. The zero-order chi connectivity index (χ0) is 25.9. The van der Waals surface area contributed by atoms with Gasteiger partial charge in [-0.1, -0.05) is 23.2 Å². The number of ether oxygens (including phenoxy) is 1. The summed E-state index contributed by atoms with van der Waals surface area (Å²) < 4.78 is 20.6. The van der Waals surface area contributed by atoms with E-state index < -0.39 is 17.6 Å². The maximum absolute atomic E-state index is 14.7. The Morgan fingerprint density at radius 2 is 1.83 bits per heavy atom. The monoisotopic (exact) mass is 608 g/mol. The average molecular weight is 609 g/mol. The molecule has 1 saturated heterocycles. The van der Waals surface area contributed by atoms with Crippen molar-refractivity contribution in [1.29, 1.82) is 5.41 Å². The third kappa shape index (κ3) is 6.71. The number of hydrogen-bond acceptors (Lipinski definition) is 8. The molecule has 8 nitrogen and oxygen atoms in total. The van der Waals surface area contributed by atoms with Gasteiger partial charge >= 0.3 is 0 Å². The number of nitrogens with zero attached hydrogens (tertiary/aromatic N) is 3. The molecule has 2 aromatic heterocycles. The first kappa shape index (κ1) is 30.3. The first-order valence-electron chi connectivity index (χ1n) is 10.6. The summed E-state index contributed by atoms with van der Waals surface area (Å²) >= 11 is 12.4. The molecule has 0 amide bonds. The largest absolute Gasteiger partial charge is 0.486 e. The maximum Gasteiger partial charge on any atom is 0.166 e. The van der Waals surface area contributed by atoms with Gasteiger partial charge in [-0.2, -0.15) is 6.92 Å². The Morgan fingerprint density at radius 1 is 1.22 bits per heavy atom. The first-order chi connectivity index (χ1) is 16.6. The van der Waals surface area contributed by atoms with Crippen molar-refractivity contribution in [2.75, 3.05) is 23.7 Å². The van der Waals surface area contributed by atoms with E-state index in [1.807, 2.05) is 0 Å². The molecule has 1 aromatic carbocycles. The Kier molecular flexibility index (Phi) is 10.6. The molecular weight excluding hydrogens is 583 g/mol. The molecule has 0 spiro atoms. The van der Waals surface area contributed by atoms with E-state index in [9.17, 15) is 9.50 Å². The number of nitrogen functional groups attached to an aromatic ring is 1. The van der Waals surface area contributed by atoms with Gasteiger partial charge in [0.1, 0.15) is 17.6 Å². The molecular formula is C24H26Cl2FN6O2Y-. The molecule has 0 unspecified atom stereocenters. The van der Waals surface area contributed by atoms with Crippen LogP contribution in [0.2, 0.25) is 10.0 Å². The number of hydrogen-bond donors (Lipinski definition) is 4. The van der Waals surface area contributed by atoms with Gasteiger partial charge in [0.25, 0.3) is 0 Å². The van der Waals surface area contributed by atoms with E-state index in [1.165, 1.54) is 29.6 Å². The Morgan fingerprint density at radius 3 is 2.39 bits per heavy atom. The summed E-state index contributed by atoms with van der Waals surface area (Å²) in [4.78, 5) is 9.56. The molecule has 1 aliphatic rings. The number of β-amino-alcohol motifs (C(OH)–C–C–N with tert-alkyl or cyclic N) is 1. The van der Waals surface area contributed by atoms with Crippen LogP contribution in [0.25, 0.3) is 0 Å². The van der Waals surface area contributed by atoms with Crippen LogP contribution in [0.3, 0.4) is 0 Å². The van der Waals surface area contributed by atoms with E-state index in [4.69, 9.17) is 44.8 Å². The molecule has 12 heteroatoms. The Hall–Kier alpha value is -1.88. The molecule has 3 heterocycles. The maximum atomic E-state index is 14.7. The van der Waals surface area contributed by atoms with Crippen LogP contribution in [0.1, 0.15) is 36.6 Å². The van der Waals surface area contributed by atoms with Gasteiger partial charge in [0.2, 0.25) is 0 Å². The molecule has 0 aliphatic carbocycles.